The number of nitrogens with zero attached hydrogens (tertiary/aromatic N) is 5. The highest BCUT2D eigenvalue weighted by molar-refractivity contribution is 9.10. The standard InChI is InChI=1S/C16H19BrF3N5O/c1-9-11(6-21-24(9)3)7-23(2)12(26)8-25-14(10-4-5-10)13(17)15(22-25)16(18,19)20/h6,10H,4-5,7-8H2,1-3H3. The van der Waals surface area contributed by atoms with Crippen molar-refractivity contribution >= 4 is 21.8 Å². The van der Waals surface area contributed by atoms with Crippen molar-refractivity contribution < 1.29 is 18.0 Å². The van der Waals surface area contributed by atoms with Crippen molar-refractivity contribution in [3.8, 4) is 0 Å². The van der Waals surface area contributed by atoms with Gasteiger partial charge in [-0.15, -0.1) is 0 Å². The molecule has 0 saturated heterocycles. The first-order valence-electron chi connectivity index (χ1n) is 8.14. The summed E-state index contributed by atoms with van der Waals surface area (Å²) >= 11 is 3.03. The molecule has 0 unspecified atom stereocenters. The van der Waals surface area contributed by atoms with Crippen LogP contribution in [-0.2, 0) is 31.1 Å². The molecule has 0 aliphatic heterocycles. The van der Waals surface area contributed by atoms with Crippen molar-refractivity contribution in [2.45, 2.75) is 44.9 Å². The molecule has 2 aromatic rings. The summed E-state index contributed by atoms with van der Waals surface area (Å²) in [5.41, 5.74) is 1.31. The second-order valence-electron chi connectivity index (χ2n) is 6.61. The minimum atomic E-state index is -4.56. The molecule has 0 atom stereocenters. The molecule has 1 fully saturated rings. The Labute approximate surface area is 157 Å². The predicted molar refractivity (Wildman–Crippen MR) is 91.3 cm³/mol. The number of likely N-dealkylation sites (N-methyl/N-ethyl adjacent to an activating group) is 1. The van der Waals surface area contributed by atoms with E-state index in [0.717, 1.165) is 24.1 Å². The summed E-state index contributed by atoms with van der Waals surface area (Å²) in [7, 11) is 3.43. The lowest BCUT2D eigenvalue weighted by Crippen LogP contribution is -2.31. The Hall–Kier alpha value is -1.84. The predicted octanol–water partition coefficient (Wildman–Crippen LogP) is 3.24. The summed E-state index contributed by atoms with van der Waals surface area (Å²) in [6.45, 7) is 2.01. The number of carbonyl (C=O) groups excluding carboxylic acids is 1. The van der Waals surface area contributed by atoms with Crippen LogP contribution in [0, 0.1) is 6.92 Å². The van der Waals surface area contributed by atoms with E-state index in [1.54, 1.807) is 17.9 Å². The van der Waals surface area contributed by atoms with Gasteiger partial charge >= 0.3 is 6.18 Å². The molecule has 26 heavy (non-hydrogen) atoms. The summed E-state index contributed by atoms with van der Waals surface area (Å²) in [4.78, 5) is 14.0. The Balaban J connectivity index is 1.79. The Morgan fingerprint density at radius 3 is 2.58 bits per heavy atom. The lowest BCUT2D eigenvalue weighted by molar-refractivity contribution is -0.142. The summed E-state index contributed by atoms with van der Waals surface area (Å²) in [6.07, 6.45) is -1.27. The number of rotatable bonds is 5. The van der Waals surface area contributed by atoms with Crippen molar-refractivity contribution in [1.29, 1.82) is 0 Å². The van der Waals surface area contributed by atoms with Crippen LogP contribution in [0.1, 0.15) is 41.4 Å². The summed E-state index contributed by atoms with van der Waals surface area (Å²) < 4.78 is 42.3. The zero-order valence-corrected chi connectivity index (χ0v) is 16.2. The maximum atomic E-state index is 13.1. The van der Waals surface area contributed by atoms with Gasteiger partial charge in [0.25, 0.3) is 0 Å². The average molecular weight is 434 g/mol. The monoisotopic (exact) mass is 433 g/mol. The first kappa shape index (κ1) is 18.9. The third-order valence-corrected chi connectivity index (χ3v) is 5.40. The van der Waals surface area contributed by atoms with E-state index in [-0.39, 0.29) is 22.8 Å². The van der Waals surface area contributed by atoms with Gasteiger partial charge in [0.15, 0.2) is 5.69 Å². The molecule has 1 amide bonds. The van der Waals surface area contributed by atoms with Crippen LogP contribution in [0.15, 0.2) is 10.7 Å². The van der Waals surface area contributed by atoms with Crippen LogP contribution in [-0.4, -0.2) is 37.4 Å². The number of aryl methyl sites for hydroxylation is 1. The Morgan fingerprint density at radius 2 is 2.08 bits per heavy atom. The number of amides is 1. The van der Waals surface area contributed by atoms with Gasteiger partial charge in [0.05, 0.1) is 16.4 Å². The van der Waals surface area contributed by atoms with Crippen molar-refractivity contribution in [3.05, 3.63) is 33.3 Å². The minimum absolute atomic E-state index is 0.0200. The van der Waals surface area contributed by atoms with Gasteiger partial charge < -0.3 is 4.90 Å². The van der Waals surface area contributed by atoms with Crippen LogP contribution in [0.25, 0.3) is 0 Å². The van der Waals surface area contributed by atoms with E-state index in [0.29, 0.717) is 12.2 Å². The lowest BCUT2D eigenvalue weighted by atomic mass is 10.2. The quantitative estimate of drug-likeness (QED) is 0.726. The van der Waals surface area contributed by atoms with Gasteiger partial charge in [-0.05, 0) is 35.7 Å². The number of aromatic nitrogens is 4. The van der Waals surface area contributed by atoms with E-state index in [4.69, 9.17) is 0 Å². The lowest BCUT2D eigenvalue weighted by Gasteiger charge is -2.18. The average Bonchev–Trinajstić information content (AvgIpc) is 3.26. The first-order valence-corrected chi connectivity index (χ1v) is 8.93. The molecule has 2 heterocycles. The molecule has 0 bridgehead atoms. The van der Waals surface area contributed by atoms with Crippen molar-refractivity contribution in [1.82, 2.24) is 24.5 Å². The molecule has 3 rings (SSSR count). The third kappa shape index (κ3) is 3.65. The summed E-state index contributed by atoms with van der Waals surface area (Å²) in [5.74, 6) is -0.287. The van der Waals surface area contributed by atoms with Gasteiger partial charge in [-0.25, -0.2) is 0 Å². The van der Waals surface area contributed by atoms with Crippen LogP contribution in [0.3, 0.4) is 0 Å². The zero-order valence-electron chi connectivity index (χ0n) is 14.6. The Kier molecular flexibility index (Phi) is 4.89. The zero-order chi connectivity index (χ0) is 19.2. The number of carbonyl (C=O) groups is 1. The fourth-order valence-electron chi connectivity index (χ4n) is 2.79. The van der Waals surface area contributed by atoms with Gasteiger partial charge in [0, 0.05) is 37.8 Å². The SMILES string of the molecule is Cc1c(CN(C)C(=O)Cn2nc(C(F)(F)F)c(Br)c2C2CC2)cnn1C. The van der Waals surface area contributed by atoms with E-state index in [1.165, 1.54) is 9.58 Å². The smallest absolute Gasteiger partial charge is 0.340 e. The largest absolute Gasteiger partial charge is 0.436 e. The molecular weight excluding hydrogens is 415 g/mol. The van der Waals surface area contributed by atoms with Crippen molar-refractivity contribution in [2.75, 3.05) is 7.05 Å². The van der Waals surface area contributed by atoms with Gasteiger partial charge in [0.1, 0.15) is 6.54 Å². The maximum absolute atomic E-state index is 13.1. The molecule has 142 valence electrons. The van der Waals surface area contributed by atoms with Gasteiger partial charge in [0.2, 0.25) is 5.91 Å². The van der Waals surface area contributed by atoms with Crippen LogP contribution in [0.2, 0.25) is 0 Å². The number of hydrogen-bond donors (Lipinski definition) is 0. The second kappa shape index (κ2) is 6.71. The molecule has 0 aromatic carbocycles. The van der Waals surface area contributed by atoms with Crippen molar-refractivity contribution in [2.24, 2.45) is 7.05 Å². The second-order valence-corrected chi connectivity index (χ2v) is 7.40. The highest BCUT2D eigenvalue weighted by Gasteiger charge is 2.42. The van der Waals surface area contributed by atoms with E-state index in [2.05, 4.69) is 26.1 Å². The molecule has 1 aliphatic rings. The Morgan fingerprint density at radius 1 is 1.42 bits per heavy atom. The third-order valence-electron chi connectivity index (χ3n) is 4.62. The van der Waals surface area contributed by atoms with Gasteiger partial charge in [-0.3, -0.25) is 14.2 Å². The molecular formula is C16H19BrF3N5O. The molecule has 0 N–H and O–H groups in total. The molecule has 2 aromatic heterocycles. The van der Waals surface area contributed by atoms with Crippen molar-refractivity contribution in [3.63, 3.8) is 0 Å². The van der Waals surface area contributed by atoms with E-state index >= 15 is 0 Å². The van der Waals surface area contributed by atoms with E-state index < -0.39 is 11.9 Å². The summed E-state index contributed by atoms with van der Waals surface area (Å²) in [6, 6.07) is 0. The summed E-state index contributed by atoms with van der Waals surface area (Å²) in [5, 5.41) is 7.80. The highest BCUT2D eigenvalue weighted by Crippen LogP contribution is 2.46. The normalized spacial score (nSPS) is 14.7. The van der Waals surface area contributed by atoms with Crippen LogP contribution in [0.5, 0.6) is 0 Å². The fourth-order valence-corrected chi connectivity index (χ4v) is 3.63. The molecule has 6 nitrogen and oxygen atoms in total. The molecule has 10 heteroatoms. The minimum Gasteiger partial charge on any atom is -0.340 e. The van der Waals surface area contributed by atoms with Gasteiger partial charge in [-0.2, -0.15) is 23.4 Å². The number of alkyl halides is 3. The fraction of sp³-hybridized carbons (Fsp3) is 0.562. The van der Waals surface area contributed by atoms with Crippen LogP contribution in [0.4, 0.5) is 13.2 Å². The van der Waals surface area contributed by atoms with E-state index in [9.17, 15) is 18.0 Å². The van der Waals surface area contributed by atoms with Crippen LogP contribution < -0.4 is 0 Å². The highest BCUT2D eigenvalue weighted by atomic mass is 79.9. The first-order chi connectivity index (χ1) is 12.1. The Bertz CT molecular complexity index is 838. The number of halogens is 4. The topological polar surface area (TPSA) is 56.0 Å². The maximum Gasteiger partial charge on any atom is 0.436 e. The molecule has 1 aliphatic carbocycles. The molecule has 0 radical (unpaired) electrons. The number of hydrogen-bond acceptors (Lipinski definition) is 3. The van der Waals surface area contributed by atoms with E-state index in [1.807, 2.05) is 14.0 Å². The molecule has 0 spiro atoms. The molecule has 1 saturated carbocycles. The van der Waals surface area contributed by atoms with Crippen LogP contribution >= 0.6 is 15.9 Å². The van der Waals surface area contributed by atoms with Gasteiger partial charge in [-0.1, -0.05) is 0 Å².